The van der Waals surface area contributed by atoms with Gasteiger partial charge in [-0.15, -0.1) is 24.0 Å². The zero-order valence-electron chi connectivity index (χ0n) is 16.2. The molecule has 1 aromatic heterocycles. The SMILES string of the molecule is CN=C(NCc1ccccc1Oc1cccc(C)c1)NCc1ncnn1C.I. The normalized spacial score (nSPS) is 10.9. The topological polar surface area (TPSA) is 76.4 Å². The standard InChI is InChI=1S/C20H24N6O.HI/c1-15-7-6-9-17(11-15)27-18-10-5-4-8-16(18)12-22-20(21-2)23-13-19-24-14-25-26(19)3;/h4-11,14H,12-13H2,1-3H3,(H2,21,22,23);1H. The van der Waals surface area contributed by atoms with Gasteiger partial charge in [-0.25, -0.2) is 4.98 Å². The van der Waals surface area contributed by atoms with Gasteiger partial charge in [0.1, 0.15) is 23.7 Å². The first-order valence-electron chi connectivity index (χ1n) is 8.75. The van der Waals surface area contributed by atoms with Gasteiger partial charge in [0.25, 0.3) is 0 Å². The van der Waals surface area contributed by atoms with E-state index in [1.54, 1.807) is 11.7 Å². The molecule has 0 fully saturated rings. The fraction of sp³-hybridized carbons (Fsp3) is 0.250. The van der Waals surface area contributed by atoms with Crippen molar-refractivity contribution in [2.24, 2.45) is 12.0 Å². The summed E-state index contributed by atoms with van der Waals surface area (Å²) in [5.74, 6) is 3.16. The highest BCUT2D eigenvalue weighted by atomic mass is 127. The third-order valence-corrected chi connectivity index (χ3v) is 4.08. The second-order valence-corrected chi connectivity index (χ2v) is 6.11. The van der Waals surface area contributed by atoms with E-state index in [4.69, 9.17) is 4.74 Å². The number of aromatic nitrogens is 3. The Morgan fingerprint density at radius 3 is 2.61 bits per heavy atom. The number of nitrogens with zero attached hydrogens (tertiary/aromatic N) is 4. The maximum Gasteiger partial charge on any atom is 0.191 e. The maximum absolute atomic E-state index is 6.07. The number of benzene rings is 2. The molecule has 28 heavy (non-hydrogen) atoms. The van der Waals surface area contributed by atoms with E-state index in [1.165, 1.54) is 6.33 Å². The molecule has 0 amide bonds. The van der Waals surface area contributed by atoms with Crippen molar-refractivity contribution in [2.45, 2.75) is 20.0 Å². The van der Waals surface area contributed by atoms with E-state index in [-0.39, 0.29) is 24.0 Å². The molecule has 0 aliphatic carbocycles. The number of aryl methyl sites for hydroxylation is 2. The molecule has 0 saturated carbocycles. The Labute approximate surface area is 182 Å². The van der Waals surface area contributed by atoms with Crippen LogP contribution in [0.25, 0.3) is 0 Å². The summed E-state index contributed by atoms with van der Waals surface area (Å²) in [4.78, 5) is 8.45. The third kappa shape index (κ3) is 5.95. The first kappa shape index (κ1) is 21.7. The van der Waals surface area contributed by atoms with E-state index in [9.17, 15) is 0 Å². The summed E-state index contributed by atoms with van der Waals surface area (Å²) in [6.45, 7) is 3.17. The fourth-order valence-electron chi connectivity index (χ4n) is 2.60. The molecule has 7 nitrogen and oxygen atoms in total. The van der Waals surface area contributed by atoms with Crippen LogP contribution in [0.1, 0.15) is 17.0 Å². The molecule has 0 saturated heterocycles. The lowest BCUT2D eigenvalue weighted by Crippen LogP contribution is -2.37. The van der Waals surface area contributed by atoms with Gasteiger partial charge in [-0.2, -0.15) is 5.10 Å². The number of hydrogen-bond acceptors (Lipinski definition) is 4. The van der Waals surface area contributed by atoms with Crippen LogP contribution < -0.4 is 15.4 Å². The van der Waals surface area contributed by atoms with Gasteiger partial charge in [0.05, 0.1) is 6.54 Å². The van der Waals surface area contributed by atoms with Gasteiger partial charge in [-0.3, -0.25) is 9.67 Å². The Kier molecular flexibility index (Phi) is 8.24. The van der Waals surface area contributed by atoms with E-state index in [1.807, 2.05) is 62.5 Å². The van der Waals surface area contributed by atoms with Crippen LogP contribution in [0.3, 0.4) is 0 Å². The van der Waals surface area contributed by atoms with Crippen molar-refractivity contribution in [1.82, 2.24) is 25.4 Å². The predicted molar refractivity (Wildman–Crippen MR) is 121 cm³/mol. The Hall–Kier alpha value is -2.62. The van der Waals surface area contributed by atoms with Gasteiger partial charge >= 0.3 is 0 Å². The number of halogens is 1. The largest absolute Gasteiger partial charge is 0.457 e. The van der Waals surface area contributed by atoms with E-state index in [0.717, 1.165) is 28.5 Å². The number of aliphatic imine (C=N–C) groups is 1. The molecular formula is C20H25IN6O. The quantitative estimate of drug-likeness (QED) is 0.314. The third-order valence-electron chi connectivity index (χ3n) is 4.08. The van der Waals surface area contributed by atoms with E-state index >= 15 is 0 Å². The van der Waals surface area contributed by atoms with E-state index in [0.29, 0.717) is 19.0 Å². The smallest absolute Gasteiger partial charge is 0.191 e. The van der Waals surface area contributed by atoms with Crippen LogP contribution in [0.4, 0.5) is 0 Å². The minimum absolute atomic E-state index is 0. The van der Waals surface area contributed by atoms with Crippen LogP contribution in [-0.2, 0) is 20.1 Å². The van der Waals surface area contributed by atoms with Crippen molar-refractivity contribution in [3.8, 4) is 11.5 Å². The minimum Gasteiger partial charge on any atom is -0.457 e. The van der Waals surface area contributed by atoms with Crippen molar-refractivity contribution in [3.63, 3.8) is 0 Å². The minimum atomic E-state index is 0. The molecule has 0 aliphatic rings. The lowest BCUT2D eigenvalue weighted by atomic mass is 10.2. The number of para-hydroxylation sites is 1. The zero-order chi connectivity index (χ0) is 19.1. The highest BCUT2D eigenvalue weighted by Crippen LogP contribution is 2.25. The molecule has 0 radical (unpaired) electrons. The van der Waals surface area contributed by atoms with Crippen LogP contribution in [0.5, 0.6) is 11.5 Å². The Bertz CT molecular complexity index is 924. The maximum atomic E-state index is 6.07. The van der Waals surface area contributed by atoms with Crippen molar-refractivity contribution < 1.29 is 4.74 Å². The Morgan fingerprint density at radius 1 is 1.11 bits per heavy atom. The van der Waals surface area contributed by atoms with Crippen LogP contribution >= 0.6 is 24.0 Å². The summed E-state index contributed by atoms with van der Waals surface area (Å²) in [7, 11) is 3.60. The highest BCUT2D eigenvalue weighted by molar-refractivity contribution is 14.0. The number of rotatable bonds is 6. The monoisotopic (exact) mass is 492 g/mol. The molecule has 2 aromatic carbocycles. The number of guanidine groups is 1. The summed E-state index contributed by atoms with van der Waals surface area (Å²) in [5.41, 5.74) is 2.21. The molecule has 0 atom stereocenters. The summed E-state index contributed by atoms with van der Waals surface area (Å²) in [6.07, 6.45) is 1.53. The second-order valence-electron chi connectivity index (χ2n) is 6.11. The Morgan fingerprint density at radius 2 is 1.89 bits per heavy atom. The van der Waals surface area contributed by atoms with Crippen LogP contribution in [0.2, 0.25) is 0 Å². The molecule has 2 N–H and O–H groups in total. The average molecular weight is 492 g/mol. The van der Waals surface area contributed by atoms with Gasteiger partial charge in [0.2, 0.25) is 0 Å². The number of ether oxygens (including phenoxy) is 1. The first-order chi connectivity index (χ1) is 13.2. The lowest BCUT2D eigenvalue weighted by molar-refractivity contribution is 0.474. The molecule has 0 unspecified atom stereocenters. The van der Waals surface area contributed by atoms with Gasteiger partial charge in [0, 0.05) is 26.2 Å². The van der Waals surface area contributed by atoms with Crippen LogP contribution in [-0.4, -0.2) is 27.8 Å². The van der Waals surface area contributed by atoms with Crippen LogP contribution in [0.15, 0.2) is 59.9 Å². The summed E-state index contributed by atoms with van der Waals surface area (Å²) in [6, 6.07) is 16.0. The van der Waals surface area contributed by atoms with Gasteiger partial charge in [-0.05, 0) is 30.7 Å². The summed E-state index contributed by atoms with van der Waals surface area (Å²) in [5, 5.41) is 10.6. The first-order valence-corrected chi connectivity index (χ1v) is 8.75. The molecule has 3 aromatic rings. The van der Waals surface area contributed by atoms with E-state index in [2.05, 4.69) is 25.7 Å². The van der Waals surface area contributed by atoms with Gasteiger partial charge < -0.3 is 15.4 Å². The molecule has 0 bridgehead atoms. The van der Waals surface area contributed by atoms with Crippen molar-refractivity contribution in [2.75, 3.05) is 7.05 Å². The molecule has 8 heteroatoms. The zero-order valence-corrected chi connectivity index (χ0v) is 18.5. The Balaban J connectivity index is 0.00000280. The van der Waals surface area contributed by atoms with Crippen molar-refractivity contribution in [3.05, 3.63) is 71.8 Å². The second kappa shape index (κ2) is 10.6. The van der Waals surface area contributed by atoms with Gasteiger partial charge in [-0.1, -0.05) is 30.3 Å². The van der Waals surface area contributed by atoms with E-state index < -0.39 is 0 Å². The fourth-order valence-corrected chi connectivity index (χ4v) is 2.60. The van der Waals surface area contributed by atoms with Crippen LogP contribution in [0, 0.1) is 6.92 Å². The molecule has 0 aliphatic heterocycles. The molecule has 0 spiro atoms. The average Bonchev–Trinajstić information content (AvgIpc) is 3.08. The molecule has 148 valence electrons. The highest BCUT2D eigenvalue weighted by Gasteiger charge is 2.07. The van der Waals surface area contributed by atoms with Gasteiger partial charge in [0.15, 0.2) is 5.96 Å². The summed E-state index contributed by atoms with van der Waals surface area (Å²) < 4.78 is 7.80. The lowest BCUT2D eigenvalue weighted by Gasteiger charge is -2.14. The van der Waals surface area contributed by atoms with Crippen molar-refractivity contribution in [1.29, 1.82) is 0 Å². The molecule has 1 heterocycles. The number of nitrogens with one attached hydrogen (secondary N) is 2. The van der Waals surface area contributed by atoms with Crippen molar-refractivity contribution >= 4 is 29.9 Å². The summed E-state index contributed by atoms with van der Waals surface area (Å²) >= 11 is 0. The molecular weight excluding hydrogens is 467 g/mol. The number of hydrogen-bond donors (Lipinski definition) is 2. The molecule has 3 rings (SSSR count). The predicted octanol–water partition coefficient (Wildman–Crippen LogP) is 3.40.